The molecule has 6 heteroatoms. The van der Waals surface area contributed by atoms with Crippen molar-refractivity contribution in [1.29, 1.82) is 0 Å². The Balaban J connectivity index is 2.10. The van der Waals surface area contributed by atoms with E-state index in [9.17, 15) is 13.2 Å². The molecule has 138 valence electrons. The second-order valence-corrected chi connectivity index (χ2v) is 8.77. The molecule has 0 radical (unpaired) electrons. The van der Waals surface area contributed by atoms with Gasteiger partial charge in [-0.25, -0.2) is 8.42 Å². The van der Waals surface area contributed by atoms with Gasteiger partial charge in [0.25, 0.3) is 0 Å². The summed E-state index contributed by atoms with van der Waals surface area (Å²) in [5, 5.41) is 3.01. The van der Waals surface area contributed by atoms with Crippen LogP contribution in [0.25, 0.3) is 0 Å². The molecule has 0 spiro atoms. The van der Waals surface area contributed by atoms with Crippen molar-refractivity contribution >= 4 is 15.9 Å². The van der Waals surface area contributed by atoms with Gasteiger partial charge in [-0.15, -0.1) is 6.58 Å². The van der Waals surface area contributed by atoms with Gasteiger partial charge in [0.15, 0.2) is 0 Å². The molecular formula is C19H28N2O3S. The van der Waals surface area contributed by atoms with Crippen molar-refractivity contribution in [1.82, 2.24) is 9.62 Å². The van der Waals surface area contributed by atoms with Gasteiger partial charge >= 0.3 is 0 Å². The number of carbonyl (C=O) groups excluding carboxylic acids is 1. The van der Waals surface area contributed by atoms with Crippen LogP contribution in [0.5, 0.6) is 0 Å². The van der Waals surface area contributed by atoms with E-state index in [1.54, 1.807) is 24.3 Å². The van der Waals surface area contributed by atoms with Crippen molar-refractivity contribution in [2.75, 3.05) is 13.1 Å². The van der Waals surface area contributed by atoms with E-state index in [2.05, 4.69) is 18.8 Å². The van der Waals surface area contributed by atoms with E-state index in [4.69, 9.17) is 0 Å². The molecule has 0 bridgehead atoms. The van der Waals surface area contributed by atoms with Crippen LogP contribution in [0.4, 0.5) is 0 Å². The van der Waals surface area contributed by atoms with Gasteiger partial charge in [0.05, 0.1) is 11.4 Å². The SMILES string of the molecule is C=CCN(CC(=O)N[C@@H]1CCCC[C@H]1C)S(=O)(=O)c1ccc(C)cc1. The average molecular weight is 365 g/mol. The van der Waals surface area contributed by atoms with Gasteiger partial charge in [-0.2, -0.15) is 4.31 Å². The summed E-state index contributed by atoms with van der Waals surface area (Å²) in [4.78, 5) is 12.6. The van der Waals surface area contributed by atoms with Crippen molar-refractivity contribution in [3.8, 4) is 0 Å². The number of rotatable bonds is 7. The Morgan fingerprint density at radius 1 is 1.28 bits per heavy atom. The zero-order chi connectivity index (χ0) is 18.4. The monoisotopic (exact) mass is 364 g/mol. The summed E-state index contributed by atoms with van der Waals surface area (Å²) in [7, 11) is -3.73. The minimum atomic E-state index is -3.73. The molecule has 25 heavy (non-hydrogen) atoms. The normalized spacial score (nSPS) is 21.1. The molecule has 0 heterocycles. The van der Waals surface area contributed by atoms with E-state index < -0.39 is 10.0 Å². The Bertz CT molecular complexity index is 698. The van der Waals surface area contributed by atoms with Crippen molar-refractivity contribution in [2.45, 2.75) is 50.5 Å². The number of sulfonamides is 1. The summed E-state index contributed by atoms with van der Waals surface area (Å²) in [5.41, 5.74) is 0.984. The number of aryl methyl sites for hydroxylation is 1. The maximum atomic E-state index is 12.8. The van der Waals surface area contributed by atoms with Gasteiger partial charge < -0.3 is 5.32 Å². The third-order valence-electron chi connectivity index (χ3n) is 4.77. The lowest BCUT2D eigenvalue weighted by molar-refractivity contribution is -0.122. The third-order valence-corrected chi connectivity index (χ3v) is 6.60. The van der Waals surface area contributed by atoms with Gasteiger partial charge in [-0.1, -0.05) is 43.5 Å². The quantitative estimate of drug-likeness (QED) is 0.757. The highest BCUT2D eigenvalue weighted by Crippen LogP contribution is 2.24. The number of hydrogen-bond donors (Lipinski definition) is 1. The molecule has 0 saturated heterocycles. The van der Waals surface area contributed by atoms with Crippen LogP contribution in [0.1, 0.15) is 38.2 Å². The zero-order valence-corrected chi connectivity index (χ0v) is 15.9. The molecule has 2 atom stereocenters. The number of hydrogen-bond acceptors (Lipinski definition) is 3. The van der Waals surface area contributed by atoms with E-state index in [1.165, 1.54) is 16.8 Å². The van der Waals surface area contributed by atoms with Crippen molar-refractivity contribution in [3.63, 3.8) is 0 Å². The summed E-state index contributed by atoms with van der Waals surface area (Å²) in [6, 6.07) is 6.78. The van der Waals surface area contributed by atoms with Crippen LogP contribution < -0.4 is 5.32 Å². The molecule has 1 fully saturated rings. The Labute approximate surface area is 151 Å². The molecule has 2 rings (SSSR count). The summed E-state index contributed by atoms with van der Waals surface area (Å²) in [6.07, 6.45) is 5.86. The van der Waals surface area contributed by atoms with Crippen molar-refractivity contribution < 1.29 is 13.2 Å². The molecule has 1 aromatic rings. The second kappa shape index (κ2) is 8.63. The van der Waals surface area contributed by atoms with E-state index >= 15 is 0 Å². The summed E-state index contributed by atoms with van der Waals surface area (Å²) < 4.78 is 26.8. The first-order chi connectivity index (χ1) is 11.8. The third kappa shape index (κ3) is 5.16. The molecule has 1 aliphatic rings. The molecular weight excluding hydrogens is 336 g/mol. The predicted molar refractivity (Wildman–Crippen MR) is 99.7 cm³/mol. The molecule has 1 amide bonds. The molecule has 1 aromatic carbocycles. The summed E-state index contributed by atoms with van der Waals surface area (Å²) >= 11 is 0. The number of carbonyl (C=O) groups is 1. The highest BCUT2D eigenvalue weighted by atomic mass is 32.2. The van der Waals surface area contributed by atoms with E-state index in [-0.39, 0.29) is 29.9 Å². The Hall–Kier alpha value is -1.66. The second-order valence-electron chi connectivity index (χ2n) is 6.84. The number of nitrogens with one attached hydrogen (secondary N) is 1. The van der Waals surface area contributed by atoms with Crippen molar-refractivity contribution in [3.05, 3.63) is 42.5 Å². The Morgan fingerprint density at radius 2 is 1.92 bits per heavy atom. The first kappa shape index (κ1) is 19.7. The Morgan fingerprint density at radius 3 is 2.52 bits per heavy atom. The van der Waals surface area contributed by atoms with Gasteiger partial charge in [-0.05, 0) is 37.8 Å². The molecule has 0 unspecified atom stereocenters. The lowest BCUT2D eigenvalue weighted by Crippen LogP contribution is -2.47. The molecule has 5 nitrogen and oxygen atoms in total. The molecule has 1 saturated carbocycles. The summed E-state index contributed by atoms with van der Waals surface area (Å²) in [6.45, 7) is 7.56. The largest absolute Gasteiger partial charge is 0.352 e. The minimum Gasteiger partial charge on any atom is -0.352 e. The topological polar surface area (TPSA) is 66.5 Å². The van der Waals surface area contributed by atoms with Crippen LogP contribution in [0, 0.1) is 12.8 Å². The van der Waals surface area contributed by atoms with Crippen LogP contribution >= 0.6 is 0 Å². The highest BCUT2D eigenvalue weighted by Gasteiger charge is 2.28. The standard InChI is InChI=1S/C19H28N2O3S/c1-4-13-21(25(23,24)17-11-9-15(2)10-12-17)14-19(22)20-18-8-6-5-7-16(18)3/h4,9-12,16,18H,1,5-8,13-14H2,2-3H3,(H,20,22)/t16-,18-/m1/s1. The fourth-order valence-electron chi connectivity index (χ4n) is 3.19. The first-order valence-corrected chi connectivity index (χ1v) is 10.3. The van der Waals surface area contributed by atoms with E-state index in [0.717, 1.165) is 24.8 Å². The first-order valence-electron chi connectivity index (χ1n) is 8.81. The van der Waals surface area contributed by atoms with Gasteiger partial charge in [0, 0.05) is 12.6 Å². The van der Waals surface area contributed by atoms with Gasteiger partial charge in [-0.3, -0.25) is 4.79 Å². The van der Waals surface area contributed by atoms with Gasteiger partial charge in [0.2, 0.25) is 15.9 Å². The smallest absolute Gasteiger partial charge is 0.243 e. The molecule has 0 aliphatic heterocycles. The fraction of sp³-hybridized carbons (Fsp3) is 0.526. The van der Waals surface area contributed by atoms with Crippen LogP contribution in [-0.2, 0) is 14.8 Å². The Kier molecular flexibility index (Phi) is 6.79. The van der Waals surface area contributed by atoms with Crippen molar-refractivity contribution in [2.24, 2.45) is 5.92 Å². The number of benzene rings is 1. The minimum absolute atomic E-state index is 0.101. The van der Waals surface area contributed by atoms with Gasteiger partial charge in [0.1, 0.15) is 0 Å². The molecule has 0 aromatic heterocycles. The van der Waals surface area contributed by atoms with E-state index in [0.29, 0.717) is 5.92 Å². The lowest BCUT2D eigenvalue weighted by Gasteiger charge is -2.30. The van der Waals surface area contributed by atoms with Crippen LogP contribution in [0.2, 0.25) is 0 Å². The lowest BCUT2D eigenvalue weighted by atomic mass is 9.86. The number of nitrogens with zero attached hydrogens (tertiary/aromatic N) is 1. The molecule has 1 aliphatic carbocycles. The maximum absolute atomic E-state index is 12.8. The predicted octanol–water partition coefficient (Wildman–Crippen LogP) is 2.87. The van der Waals surface area contributed by atoms with Crippen LogP contribution in [0.15, 0.2) is 41.8 Å². The average Bonchev–Trinajstić information content (AvgIpc) is 2.57. The summed E-state index contributed by atoms with van der Waals surface area (Å²) in [5.74, 6) is 0.176. The van der Waals surface area contributed by atoms with Crippen LogP contribution in [-0.4, -0.2) is 37.8 Å². The maximum Gasteiger partial charge on any atom is 0.243 e. The molecule has 1 N–H and O–H groups in total. The number of amides is 1. The zero-order valence-electron chi connectivity index (χ0n) is 15.1. The van der Waals surface area contributed by atoms with E-state index in [1.807, 2.05) is 6.92 Å². The van der Waals surface area contributed by atoms with Crippen LogP contribution in [0.3, 0.4) is 0 Å². The fourth-order valence-corrected chi connectivity index (χ4v) is 4.56. The highest BCUT2D eigenvalue weighted by molar-refractivity contribution is 7.89.